The van der Waals surface area contributed by atoms with E-state index in [0.717, 1.165) is 25.9 Å². The second kappa shape index (κ2) is 6.45. The molecular formula is C14H17N3O4S. The van der Waals surface area contributed by atoms with Crippen LogP contribution in [-0.4, -0.2) is 40.8 Å². The summed E-state index contributed by atoms with van der Waals surface area (Å²) in [6, 6.07) is 3.54. The Labute approximate surface area is 132 Å². The average molecular weight is 323 g/mol. The van der Waals surface area contributed by atoms with Crippen LogP contribution in [-0.2, 0) is 16.2 Å². The van der Waals surface area contributed by atoms with E-state index in [-0.39, 0.29) is 11.9 Å². The summed E-state index contributed by atoms with van der Waals surface area (Å²) in [5.41, 5.74) is 0. The first-order chi connectivity index (χ1) is 10.7. The summed E-state index contributed by atoms with van der Waals surface area (Å²) in [7, 11) is 1.43. The lowest BCUT2D eigenvalue weighted by Gasteiger charge is -2.29. The minimum absolute atomic E-state index is 0.00906. The van der Waals surface area contributed by atoms with E-state index < -0.39 is 0 Å². The normalized spacial score (nSPS) is 16.8. The highest BCUT2D eigenvalue weighted by Gasteiger charge is 2.26. The Kier molecular flexibility index (Phi) is 4.39. The van der Waals surface area contributed by atoms with Gasteiger partial charge in [0.2, 0.25) is 0 Å². The van der Waals surface area contributed by atoms with E-state index in [2.05, 4.69) is 10.00 Å². The molecule has 1 aliphatic rings. The van der Waals surface area contributed by atoms with Crippen molar-refractivity contribution in [1.29, 1.82) is 0 Å². The number of esters is 1. The molecule has 7 nitrogen and oxygen atoms in total. The molecule has 0 N–H and O–H groups in total. The van der Waals surface area contributed by atoms with E-state index in [1.54, 1.807) is 23.1 Å². The summed E-state index contributed by atoms with van der Waals surface area (Å²) in [6.45, 7) is 2.13. The van der Waals surface area contributed by atoms with E-state index in [4.69, 9.17) is 25.8 Å². The monoisotopic (exact) mass is 323 g/mol. The van der Waals surface area contributed by atoms with Gasteiger partial charge in [-0.3, -0.25) is 9.69 Å². The first kappa shape index (κ1) is 15.0. The standard InChI is InChI=1S/C14H17N3O4S/c1-19-13(18)10-4-6-16(7-5-10)9-17-14(22)21-12(15-17)11-3-2-8-20-11/h2-3,8,10H,4-7,9H2,1H3. The van der Waals surface area contributed by atoms with Gasteiger partial charge < -0.3 is 13.6 Å². The number of ether oxygens (including phenoxy) is 1. The van der Waals surface area contributed by atoms with Crippen molar-refractivity contribution in [3.05, 3.63) is 23.2 Å². The number of likely N-dealkylation sites (tertiary alicyclic amines) is 1. The van der Waals surface area contributed by atoms with Crippen LogP contribution >= 0.6 is 12.2 Å². The molecular weight excluding hydrogens is 306 g/mol. The molecule has 3 heterocycles. The van der Waals surface area contributed by atoms with Crippen molar-refractivity contribution in [3.8, 4) is 11.7 Å². The Hall–Kier alpha value is -1.93. The third-order valence-corrected chi connectivity index (χ3v) is 4.09. The Morgan fingerprint density at radius 1 is 1.50 bits per heavy atom. The number of rotatable bonds is 4. The fourth-order valence-corrected chi connectivity index (χ4v) is 2.74. The summed E-state index contributed by atoms with van der Waals surface area (Å²) in [5.74, 6) is 0.789. The van der Waals surface area contributed by atoms with Gasteiger partial charge >= 0.3 is 5.97 Å². The summed E-state index contributed by atoms with van der Waals surface area (Å²) < 4.78 is 17.1. The highest BCUT2D eigenvalue weighted by Crippen LogP contribution is 2.21. The van der Waals surface area contributed by atoms with Gasteiger partial charge in [-0.25, -0.2) is 4.68 Å². The van der Waals surface area contributed by atoms with E-state index in [9.17, 15) is 4.79 Å². The van der Waals surface area contributed by atoms with Gasteiger partial charge in [0.1, 0.15) is 0 Å². The molecule has 8 heteroatoms. The summed E-state index contributed by atoms with van der Waals surface area (Å²) >= 11 is 5.19. The molecule has 0 radical (unpaired) electrons. The lowest BCUT2D eigenvalue weighted by molar-refractivity contribution is -0.147. The predicted molar refractivity (Wildman–Crippen MR) is 79.3 cm³/mol. The van der Waals surface area contributed by atoms with Crippen LogP contribution in [0.4, 0.5) is 0 Å². The molecule has 0 aromatic carbocycles. The average Bonchev–Trinajstić information content (AvgIpc) is 3.18. The second-order valence-electron chi connectivity index (χ2n) is 5.21. The Morgan fingerprint density at radius 2 is 2.27 bits per heavy atom. The third kappa shape index (κ3) is 3.12. The first-order valence-corrected chi connectivity index (χ1v) is 7.50. The molecule has 0 aliphatic carbocycles. The lowest BCUT2D eigenvalue weighted by atomic mass is 9.97. The molecule has 1 fully saturated rings. The highest BCUT2D eigenvalue weighted by molar-refractivity contribution is 7.71. The van der Waals surface area contributed by atoms with Gasteiger partial charge in [0.05, 0.1) is 26.0 Å². The molecule has 22 heavy (non-hydrogen) atoms. The van der Waals surface area contributed by atoms with Crippen molar-refractivity contribution in [2.75, 3.05) is 20.2 Å². The number of hydrogen-bond donors (Lipinski definition) is 0. The van der Waals surface area contributed by atoms with Crippen molar-refractivity contribution < 1.29 is 18.4 Å². The first-order valence-electron chi connectivity index (χ1n) is 7.09. The van der Waals surface area contributed by atoms with Gasteiger partial charge in [-0.05, 0) is 37.2 Å². The molecule has 0 spiro atoms. The van der Waals surface area contributed by atoms with Crippen molar-refractivity contribution in [2.24, 2.45) is 5.92 Å². The maximum atomic E-state index is 11.5. The highest BCUT2D eigenvalue weighted by atomic mass is 32.1. The second-order valence-corrected chi connectivity index (χ2v) is 5.56. The largest absolute Gasteiger partial charge is 0.469 e. The van der Waals surface area contributed by atoms with Gasteiger partial charge in [-0.2, -0.15) is 0 Å². The fraction of sp³-hybridized carbons (Fsp3) is 0.500. The van der Waals surface area contributed by atoms with Crippen molar-refractivity contribution >= 4 is 18.2 Å². The maximum Gasteiger partial charge on any atom is 0.308 e. The third-order valence-electron chi connectivity index (χ3n) is 3.79. The van der Waals surface area contributed by atoms with Crippen LogP contribution in [0.3, 0.4) is 0 Å². The topological polar surface area (TPSA) is 73.6 Å². The molecule has 0 amide bonds. The number of furan rings is 1. The van der Waals surface area contributed by atoms with Crippen LogP contribution in [0.1, 0.15) is 12.8 Å². The van der Waals surface area contributed by atoms with Crippen LogP contribution in [0.2, 0.25) is 0 Å². The Morgan fingerprint density at radius 3 is 2.91 bits per heavy atom. The zero-order chi connectivity index (χ0) is 15.5. The number of nitrogens with zero attached hydrogens (tertiary/aromatic N) is 3. The number of methoxy groups -OCH3 is 1. The van der Waals surface area contributed by atoms with E-state index >= 15 is 0 Å². The quantitative estimate of drug-likeness (QED) is 0.631. The van der Waals surface area contributed by atoms with Crippen molar-refractivity contribution in [1.82, 2.24) is 14.7 Å². The Bertz CT molecular complexity index is 683. The van der Waals surface area contributed by atoms with Gasteiger partial charge in [-0.15, -0.1) is 5.10 Å². The zero-order valence-corrected chi connectivity index (χ0v) is 13.0. The minimum Gasteiger partial charge on any atom is -0.469 e. The van der Waals surface area contributed by atoms with Crippen LogP contribution in [0.5, 0.6) is 0 Å². The number of hydrogen-bond acceptors (Lipinski definition) is 7. The summed E-state index contributed by atoms with van der Waals surface area (Å²) in [4.78, 5) is 14.0. The van der Waals surface area contributed by atoms with Gasteiger partial charge in [-0.1, -0.05) is 0 Å². The number of aromatic nitrogens is 2. The van der Waals surface area contributed by atoms with E-state index in [0.29, 0.717) is 23.2 Å². The summed E-state index contributed by atoms with van der Waals surface area (Å²) in [6.07, 6.45) is 3.12. The maximum absolute atomic E-state index is 11.5. The summed E-state index contributed by atoms with van der Waals surface area (Å²) in [5, 5.41) is 4.34. The molecule has 118 valence electrons. The molecule has 1 saturated heterocycles. The van der Waals surface area contributed by atoms with Crippen LogP contribution in [0.25, 0.3) is 11.7 Å². The zero-order valence-electron chi connectivity index (χ0n) is 12.2. The molecule has 0 bridgehead atoms. The molecule has 0 atom stereocenters. The molecule has 0 unspecified atom stereocenters. The smallest absolute Gasteiger partial charge is 0.308 e. The van der Waals surface area contributed by atoms with Crippen LogP contribution in [0.15, 0.2) is 27.2 Å². The molecule has 2 aromatic rings. The number of carbonyl (C=O) groups is 1. The van der Waals surface area contributed by atoms with Gasteiger partial charge in [0.25, 0.3) is 10.7 Å². The lowest BCUT2D eigenvalue weighted by Crippen LogP contribution is -2.38. The van der Waals surface area contributed by atoms with Crippen molar-refractivity contribution in [2.45, 2.75) is 19.5 Å². The molecule has 1 aliphatic heterocycles. The predicted octanol–water partition coefficient (Wildman–Crippen LogP) is 2.31. The fourth-order valence-electron chi connectivity index (χ4n) is 2.56. The van der Waals surface area contributed by atoms with Crippen LogP contribution < -0.4 is 0 Å². The minimum atomic E-state index is -0.127. The van der Waals surface area contributed by atoms with Crippen molar-refractivity contribution in [3.63, 3.8) is 0 Å². The number of carbonyl (C=O) groups excluding carboxylic acids is 1. The van der Waals surface area contributed by atoms with Gasteiger partial charge in [0.15, 0.2) is 5.76 Å². The van der Waals surface area contributed by atoms with Gasteiger partial charge in [0, 0.05) is 13.1 Å². The molecule has 0 saturated carbocycles. The number of piperidine rings is 1. The Balaban J connectivity index is 1.63. The molecule has 3 rings (SSSR count). The SMILES string of the molecule is COC(=O)C1CCN(Cn2nc(-c3ccco3)oc2=S)CC1. The molecule has 2 aromatic heterocycles. The van der Waals surface area contributed by atoms with Crippen LogP contribution in [0, 0.1) is 10.8 Å². The van der Waals surface area contributed by atoms with E-state index in [1.165, 1.54) is 7.11 Å². The van der Waals surface area contributed by atoms with E-state index in [1.807, 2.05) is 0 Å².